The largest absolute Gasteiger partial charge is 0.380 e. The van der Waals surface area contributed by atoms with Crippen molar-refractivity contribution in [2.75, 3.05) is 32.8 Å². The highest BCUT2D eigenvalue weighted by Gasteiger charge is 2.13. The molecule has 0 radical (unpaired) electrons. The molecule has 1 saturated heterocycles. The number of H-pyrrole nitrogens is 1. The molecule has 1 aliphatic rings. The molecular formula is C23H25ClN4O2S. The Morgan fingerprint density at radius 3 is 3.03 bits per heavy atom. The number of fused-ring (bicyclic) bond motifs is 2. The van der Waals surface area contributed by atoms with Gasteiger partial charge in [-0.3, -0.25) is 9.78 Å². The third-order valence-corrected chi connectivity index (χ3v) is 6.52. The molecule has 1 aromatic carbocycles. The SMILES string of the molecule is Cc1cc(CCN2CCCOCC2)cc2c(=O)[nH]c(-c3cnc4ccsc4c3)nc12.Cl. The van der Waals surface area contributed by atoms with Crippen molar-refractivity contribution in [1.82, 2.24) is 19.9 Å². The van der Waals surface area contributed by atoms with Crippen LogP contribution in [0.3, 0.4) is 0 Å². The van der Waals surface area contributed by atoms with Gasteiger partial charge < -0.3 is 14.6 Å². The molecule has 0 aliphatic carbocycles. The van der Waals surface area contributed by atoms with E-state index in [1.165, 1.54) is 5.56 Å². The molecule has 0 amide bonds. The van der Waals surface area contributed by atoms with Crippen LogP contribution < -0.4 is 5.56 Å². The van der Waals surface area contributed by atoms with E-state index in [0.717, 1.165) is 72.5 Å². The number of aryl methyl sites for hydroxylation is 1. The maximum absolute atomic E-state index is 12.9. The number of pyridine rings is 1. The third-order valence-electron chi connectivity index (χ3n) is 5.67. The summed E-state index contributed by atoms with van der Waals surface area (Å²) in [6.45, 7) is 6.70. The average Bonchev–Trinajstić information content (AvgIpc) is 3.06. The molecular weight excluding hydrogens is 432 g/mol. The number of hydrogen-bond acceptors (Lipinski definition) is 6. The number of nitrogens with zero attached hydrogens (tertiary/aromatic N) is 3. The lowest BCUT2D eigenvalue weighted by molar-refractivity contribution is 0.141. The van der Waals surface area contributed by atoms with E-state index >= 15 is 0 Å². The van der Waals surface area contributed by atoms with Crippen LogP contribution in [0, 0.1) is 6.92 Å². The summed E-state index contributed by atoms with van der Waals surface area (Å²) in [4.78, 5) is 27.6. The summed E-state index contributed by atoms with van der Waals surface area (Å²) in [6.07, 6.45) is 3.76. The smallest absolute Gasteiger partial charge is 0.259 e. The van der Waals surface area contributed by atoms with Gasteiger partial charge in [-0.25, -0.2) is 4.98 Å². The van der Waals surface area contributed by atoms with Crippen molar-refractivity contribution in [2.45, 2.75) is 19.8 Å². The summed E-state index contributed by atoms with van der Waals surface area (Å²) in [5.74, 6) is 0.565. The number of rotatable bonds is 4. The van der Waals surface area contributed by atoms with E-state index in [1.807, 2.05) is 30.5 Å². The number of nitrogens with one attached hydrogen (secondary N) is 1. The molecule has 0 saturated carbocycles. The van der Waals surface area contributed by atoms with Crippen LogP contribution in [0.25, 0.3) is 32.5 Å². The normalized spacial score (nSPS) is 15.1. The predicted octanol–water partition coefficient (Wildman–Crippen LogP) is 4.19. The minimum Gasteiger partial charge on any atom is -0.380 e. The molecule has 1 aliphatic heterocycles. The van der Waals surface area contributed by atoms with Gasteiger partial charge in [0.15, 0.2) is 0 Å². The van der Waals surface area contributed by atoms with E-state index in [-0.39, 0.29) is 18.0 Å². The molecule has 31 heavy (non-hydrogen) atoms. The zero-order valence-corrected chi connectivity index (χ0v) is 19.0. The first kappa shape index (κ1) is 21.9. The molecule has 0 unspecified atom stereocenters. The second-order valence-corrected chi connectivity index (χ2v) is 8.76. The minimum atomic E-state index is -0.102. The van der Waals surface area contributed by atoms with Gasteiger partial charge in [-0.15, -0.1) is 23.7 Å². The maximum atomic E-state index is 12.9. The molecule has 1 fully saturated rings. The van der Waals surface area contributed by atoms with Crippen LogP contribution in [0.1, 0.15) is 17.5 Å². The van der Waals surface area contributed by atoms with Crippen molar-refractivity contribution in [1.29, 1.82) is 0 Å². The summed E-state index contributed by atoms with van der Waals surface area (Å²) in [5.41, 5.74) is 4.65. The third kappa shape index (κ3) is 4.65. The predicted molar refractivity (Wildman–Crippen MR) is 129 cm³/mol. The van der Waals surface area contributed by atoms with Crippen molar-refractivity contribution in [3.63, 3.8) is 0 Å². The lowest BCUT2D eigenvalue weighted by Gasteiger charge is -2.19. The Balaban J connectivity index is 0.00000231. The topological polar surface area (TPSA) is 71.1 Å². The number of aromatic nitrogens is 3. The first-order valence-corrected chi connectivity index (χ1v) is 11.2. The number of halogens is 1. The second kappa shape index (κ2) is 9.44. The van der Waals surface area contributed by atoms with Gasteiger partial charge in [-0.1, -0.05) is 6.07 Å². The molecule has 0 atom stereocenters. The van der Waals surface area contributed by atoms with Crippen molar-refractivity contribution in [3.8, 4) is 11.4 Å². The Hall–Kier alpha value is -2.32. The Kier molecular flexibility index (Phi) is 6.67. The lowest BCUT2D eigenvalue weighted by Crippen LogP contribution is -2.28. The van der Waals surface area contributed by atoms with E-state index in [2.05, 4.69) is 20.9 Å². The number of hydrogen-bond donors (Lipinski definition) is 1. The number of benzene rings is 1. The summed E-state index contributed by atoms with van der Waals surface area (Å²) >= 11 is 1.63. The highest BCUT2D eigenvalue weighted by atomic mass is 35.5. The fourth-order valence-electron chi connectivity index (χ4n) is 4.06. The van der Waals surface area contributed by atoms with E-state index < -0.39 is 0 Å². The molecule has 162 valence electrons. The van der Waals surface area contributed by atoms with Crippen molar-refractivity contribution < 1.29 is 4.74 Å². The van der Waals surface area contributed by atoms with E-state index in [4.69, 9.17) is 9.72 Å². The molecule has 1 N–H and O–H groups in total. The molecule has 5 rings (SSSR count). The Labute approximate surface area is 190 Å². The quantitative estimate of drug-likeness (QED) is 0.498. The van der Waals surface area contributed by atoms with Gasteiger partial charge in [0.05, 0.1) is 27.7 Å². The Morgan fingerprint density at radius 2 is 2.13 bits per heavy atom. The van der Waals surface area contributed by atoms with E-state index in [9.17, 15) is 4.79 Å². The monoisotopic (exact) mass is 456 g/mol. The summed E-state index contributed by atoms with van der Waals surface area (Å²) < 4.78 is 6.62. The minimum absolute atomic E-state index is 0. The van der Waals surface area contributed by atoms with Crippen LogP contribution in [0.4, 0.5) is 0 Å². The number of thiophene rings is 1. The molecule has 0 bridgehead atoms. The standard InChI is InChI=1S/C23H24N4O2S.ClH/c1-15-11-16(3-6-27-5-2-8-29-9-7-27)12-18-21(15)25-22(26-23(18)28)17-13-20-19(24-14-17)4-10-30-20;/h4,10-14H,2-3,5-9H2,1H3,(H,25,26,28);1H. The Morgan fingerprint density at radius 1 is 1.23 bits per heavy atom. The van der Waals surface area contributed by atoms with Crippen LogP contribution in [-0.2, 0) is 11.2 Å². The van der Waals surface area contributed by atoms with Crippen molar-refractivity contribution in [3.05, 3.63) is 57.3 Å². The summed E-state index contributed by atoms with van der Waals surface area (Å²) in [7, 11) is 0. The average molecular weight is 457 g/mol. The molecule has 4 heterocycles. The lowest BCUT2D eigenvalue weighted by atomic mass is 10.0. The molecule has 3 aromatic heterocycles. The van der Waals surface area contributed by atoms with Gasteiger partial charge in [0, 0.05) is 38.0 Å². The van der Waals surface area contributed by atoms with E-state index in [0.29, 0.717) is 11.2 Å². The summed E-state index contributed by atoms with van der Waals surface area (Å²) in [6, 6.07) is 8.18. The number of aromatic amines is 1. The van der Waals surface area contributed by atoms with Gasteiger partial charge in [-0.2, -0.15) is 0 Å². The van der Waals surface area contributed by atoms with Crippen LogP contribution >= 0.6 is 23.7 Å². The zero-order valence-electron chi connectivity index (χ0n) is 17.4. The molecule has 8 heteroatoms. The van der Waals surface area contributed by atoms with Crippen LogP contribution in [0.2, 0.25) is 0 Å². The Bertz CT molecular complexity index is 1260. The van der Waals surface area contributed by atoms with Crippen molar-refractivity contribution in [2.24, 2.45) is 0 Å². The van der Waals surface area contributed by atoms with Gasteiger partial charge in [0.1, 0.15) is 5.82 Å². The zero-order chi connectivity index (χ0) is 20.5. The number of ether oxygens (including phenoxy) is 1. The van der Waals surface area contributed by atoms with Gasteiger partial charge in [0.2, 0.25) is 0 Å². The first-order chi connectivity index (χ1) is 14.7. The van der Waals surface area contributed by atoms with Crippen molar-refractivity contribution >= 4 is 44.9 Å². The van der Waals surface area contributed by atoms with Gasteiger partial charge in [-0.05, 0) is 54.5 Å². The summed E-state index contributed by atoms with van der Waals surface area (Å²) in [5, 5.41) is 2.67. The van der Waals surface area contributed by atoms with Gasteiger partial charge in [0.25, 0.3) is 5.56 Å². The van der Waals surface area contributed by atoms with Crippen LogP contribution in [-0.4, -0.2) is 52.7 Å². The molecule has 6 nitrogen and oxygen atoms in total. The maximum Gasteiger partial charge on any atom is 0.259 e. The fourth-order valence-corrected chi connectivity index (χ4v) is 4.84. The van der Waals surface area contributed by atoms with Crippen LogP contribution in [0.15, 0.2) is 40.6 Å². The fraction of sp³-hybridized carbons (Fsp3) is 0.348. The molecule has 0 spiro atoms. The molecule has 4 aromatic rings. The highest BCUT2D eigenvalue weighted by Crippen LogP contribution is 2.25. The second-order valence-electron chi connectivity index (χ2n) is 7.81. The first-order valence-electron chi connectivity index (χ1n) is 10.3. The van der Waals surface area contributed by atoms with Gasteiger partial charge >= 0.3 is 0 Å². The van der Waals surface area contributed by atoms with Crippen LogP contribution in [0.5, 0.6) is 0 Å². The highest BCUT2D eigenvalue weighted by molar-refractivity contribution is 7.17. The van der Waals surface area contributed by atoms with E-state index in [1.54, 1.807) is 17.5 Å².